The Morgan fingerprint density at radius 2 is 1.95 bits per heavy atom. The largest absolute Gasteiger partial charge is 0.378 e. The number of piperidine rings is 1. The van der Waals surface area contributed by atoms with E-state index in [1.807, 2.05) is 0 Å². The number of nitrogens with zero attached hydrogens (tertiary/aromatic N) is 3. The molecule has 6 heteroatoms. The number of rotatable bonds is 2. The summed E-state index contributed by atoms with van der Waals surface area (Å²) in [6.45, 7) is 1.95. The minimum Gasteiger partial charge on any atom is -0.378 e. The summed E-state index contributed by atoms with van der Waals surface area (Å²) in [4.78, 5) is 16.6. The number of nitro groups is 1. The molecule has 2 N–H and O–H groups in total. The van der Waals surface area contributed by atoms with Crippen LogP contribution in [0.3, 0.4) is 0 Å². The van der Waals surface area contributed by atoms with E-state index in [4.69, 9.17) is 5.73 Å². The molecule has 0 bridgehead atoms. The molecule has 1 saturated carbocycles. The molecule has 1 aromatic heterocycles. The second-order valence-electron chi connectivity index (χ2n) is 5.67. The van der Waals surface area contributed by atoms with Crippen molar-refractivity contribution in [1.82, 2.24) is 4.98 Å². The molecule has 19 heavy (non-hydrogen) atoms. The number of aromatic nitrogens is 1. The summed E-state index contributed by atoms with van der Waals surface area (Å²) in [6.07, 6.45) is 6.48. The van der Waals surface area contributed by atoms with Gasteiger partial charge in [-0.1, -0.05) is 6.42 Å². The molecule has 1 saturated heterocycles. The van der Waals surface area contributed by atoms with Gasteiger partial charge in [0, 0.05) is 19.2 Å². The number of nitrogens with two attached hydrogens (primary N) is 1. The lowest BCUT2D eigenvalue weighted by atomic mass is 9.63. The molecule has 0 atom stereocenters. The Bertz CT molecular complexity index is 503. The van der Waals surface area contributed by atoms with E-state index in [1.165, 1.54) is 38.2 Å². The summed E-state index contributed by atoms with van der Waals surface area (Å²) >= 11 is 0. The Morgan fingerprint density at radius 3 is 2.42 bits per heavy atom. The topological polar surface area (TPSA) is 85.3 Å². The van der Waals surface area contributed by atoms with Crippen LogP contribution in [0.15, 0.2) is 12.1 Å². The molecule has 0 amide bonds. The predicted molar refractivity (Wildman–Crippen MR) is 73.0 cm³/mol. The molecule has 2 heterocycles. The molecule has 0 aromatic carbocycles. The van der Waals surface area contributed by atoms with E-state index < -0.39 is 4.92 Å². The third-order valence-corrected chi connectivity index (χ3v) is 4.65. The van der Waals surface area contributed by atoms with Crippen molar-refractivity contribution in [3.63, 3.8) is 0 Å². The van der Waals surface area contributed by atoms with E-state index in [9.17, 15) is 10.1 Å². The maximum atomic E-state index is 10.7. The lowest BCUT2D eigenvalue weighted by Crippen LogP contribution is -2.43. The zero-order valence-electron chi connectivity index (χ0n) is 10.8. The molecule has 2 fully saturated rings. The van der Waals surface area contributed by atoms with Gasteiger partial charge in [-0.25, -0.2) is 4.98 Å². The maximum absolute atomic E-state index is 10.7. The van der Waals surface area contributed by atoms with Gasteiger partial charge < -0.3 is 10.6 Å². The van der Waals surface area contributed by atoms with Crippen LogP contribution < -0.4 is 10.6 Å². The van der Waals surface area contributed by atoms with Crippen LogP contribution in [-0.2, 0) is 0 Å². The Morgan fingerprint density at radius 1 is 1.26 bits per heavy atom. The van der Waals surface area contributed by atoms with Crippen molar-refractivity contribution in [2.75, 3.05) is 23.7 Å². The maximum Gasteiger partial charge on any atom is 0.311 e. The van der Waals surface area contributed by atoms with Gasteiger partial charge in [-0.05, 0) is 37.2 Å². The van der Waals surface area contributed by atoms with E-state index in [1.54, 1.807) is 6.07 Å². The quantitative estimate of drug-likeness (QED) is 0.653. The van der Waals surface area contributed by atoms with E-state index in [0.29, 0.717) is 5.41 Å². The highest BCUT2D eigenvalue weighted by atomic mass is 16.6. The molecule has 1 aliphatic carbocycles. The standard InChI is InChI=1S/C13H18N4O2/c14-12-10(17(18)19)2-3-11(15-12)16-8-6-13(7-9-16)4-1-5-13/h2-3H,1,4-9H2,(H2,14,15). The van der Waals surface area contributed by atoms with Crippen molar-refractivity contribution in [2.24, 2.45) is 5.41 Å². The highest BCUT2D eigenvalue weighted by Gasteiger charge is 2.39. The molecule has 0 unspecified atom stereocenters. The van der Waals surface area contributed by atoms with E-state index in [2.05, 4.69) is 9.88 Å². The molecule has 3 rings (SSSR count). The summed E-state index contributed by atoms with van der Waals surface area (Å²) in [6, 6.07) is 3.15. The van der Waals surface area contributed by atoms with Crippen LogP contribution in [0.25, 0.3) is 0 Å². The Kier molecular flexibility index (Phi) is 2.80. The molecule has 1 spiro atoms. The van der Waals surface area contributed by atoms with Gasteiger partial charge in [0.25, 0.3) is 0 Å². The second kappa shape index (κ2) is 4.36. The van der Waals surface area contributed by atoms with Crippen LogP contribution in [0.4, 0.5) is 17.3 Å². The lowest BCUT2D eigenvalue weighted by Gasteiger charge is -2.48. The minimum atomic E-state index is -0.494. The molecular formula is C13H18N4O2. The van der Waals surface area contributed by atoms with Crippen LogP contribution in [-0.4, -0.2) is 23.0 Å². The number of nitrogen functional groups attached to an aromatic ring is 1. The fourth-order valence-electron chi connectivity index (χ4n) is 3.17. The third-order valence-electron chi connectivity index (χ3n) is 4.65. The van der Waals surface area contributed by atoms with Gasteiger partial charge in [0.05, 0.1) is 4.92 Å². The second-order valence-corrected chi connectivity index (χ2v) is 5.67. The average Bonchev–Trinajstić information content (AvgIpc) is 2.36. The van der Waals surface area contributed by atoms with Crippen LogP contribution in [0, 0.1) is 15.5 Å². The first-order chi connectivity index (χ1) is 9.10. The zero-order valence-corrected chi connectivity index (χ0v) is 10.8. The van der Waals surface area contributed by atoms with E-state index >= 15 is 0 Å². The number of hydrogen-bond donors (Lipinski definition) is 1. The third kappa shape index (κ3) is 2.11. The molecule has 1 aliphatic heterocycles. The summed E-state index contributed by atoms with van der Waals surface area (Å²) in [5.74, 6) is 0.767. The predicted octanol–water partition coefficient (Wildman–Crippen LogP) is 2.34. The van der Waals surface area contributed by atoms with Crippen LogP contribution in [0.2, 0.25) is 0 Å². The lowest BCUT2D eigenvalue weighted by molar-refractivity contribution is -0.384. The van der Waals surface area contributed by atoms with Crippen molar-refractivity contribution in [3.8, 4) is 0 Å². The summed E-state index contributed by atoms with van der Waals surface area (Å²) in [5, 5.41) is 10.7. The van der Waals surface area contributed by atoms with Gasteiger partial charge in [0.15, 0.2) is 0 Å². The van der Waals surface area contributed by atoms with Crippen LogP contribution in [0.5, 0.6) is 0 Å². The number of pyridine rings is 1. The van der Waals surface area contributed by atoms with Gasteiger partial charge in [0.2, 0.25) is 5.82 Å². The van der Waals surface area contributed by atoms with Gasteiger partial charge in [-0.2, -0.15) is 0 Å². The van der Waals surface area contributed by atoms with Gasteiger partial charge in [-0.15, -0.1) is 0 Å². The monoisotopic (exact) mass is 262 g/mol. The Balaban J connectivity index is 1.73. The normalized spacial score (nSPS) is 21.2. The van der Waals surface area contributed by atoms with Gasteiger partial charge >= 0.3 is 5.69 Å². The molecule has 2 aliphatic rings. The SMILES string of the molecule is Nc1nc(N2CCC3(CCC3)CC2)ccc1[N+](=O)[O-]. The van der Waals surface area contributed by atoms with Crippen molar-refractivity contribution in [2.45, 2.75) is 32.1 Å². The summed E-state index contributed by atoms with van der Waals surface area (Å²) in [7, 11) is 0. The smallest absolute Gasteiger partial charge is 0.311 e. The molecule has 102 valence electrons. The van der Waals surface area contributed by atoms with Crippen LogP contribution in [0.1, 0.15) is 32.1 Å². The molecule has 0 radical (unpaired) electrons. The fourth-order valence-corrected chi connectivity index (χ4v) is 3.17. The highest BCUT2D eigenvalue weighted by Crippen LogP contribution is 2.49. The minimum absolute atomic E-state index is 0.00595. The van der Waals surface area contributed by atoms with Crippen molar-refractivity contribution in [1.29, 1.82) is 0 Å². The molecular weight excluding hydrogens is 244 g/mol. The molecule has 6 nitrogen and oxygen atoms in total. The molecule has 1 aromatic rings. The summed E-state index contributed by atoms with van der Waals surface area (Å²) in [5.41, 5.74) is 6.11. The summed E-state index contributed by atoms with van der Waals surface area (Å²) < 4.78 is 0. The first-order valence-corrected chi connectivity index (χ1v) is 6.76. The fraction of sp³-hybridized carbons (Fsp3) is 0.615. The first-order valence-electron chi connectivity index (χ1n) is 6.76. The van der Waals surface area contributed by atoms with Gasteiger partial charge in [0.1, 0.15) is 5.82 Å². The first kappa shape index (κ1) is 12.2. The van der Waals surface area contributed by atoms with Gasteiger partial charge in [-0.3, -0.25) is 10.1 Å². The van der Waals surface area contributed by atoms with E-state index in [-0.39, 0.29) is 11.5 Å². The van der Waals surface area contributed by atoms with Crippen LogP contribution >= 0.6 is 0 Å². The number of anilines is 2. The average molecular weight is 262 g/mol. The van der Waals surface area contributed by atoms with Crippen molar-refractivity contribution >= 4 is 17.3 Å². The highest BCUT2D eigenvalue weighted by molar-refractivity contribution is 5.58. The van der Waals surface area contributed by atoms with Crippen molar-refractivity contribution in [3.05, 3.63) is 22.2 Å². The van der Waals surface area contributed by atoms with E-state index in [0.717, 1.165) is 18.9 Å². The Labute approximate surface area is 111 Å². The Hall–Kier alpha value is -1.85. The zero-order chi connectivity index (χ0) is 13.5. The van der Waals surface area contributed by atoms with Crippen molar-refractivity contribution < 1.29 is 4.92 Å². The number of hydrogen-bond acceptors (Lipinski definition) is 5.